The predicted molar refractivity (Wildman–Crippen MR) is 161 cm³/mol. The van der Waals surface area contributed by atoms with Crippen molar-refractivity contribution in [2.45, 2.75) is 110 Å². The van der Waals surface area contributed by atoms with Gasteiger partial charge in [-0.1, -0.05) is 19.1 Å². The zero-order chi connectivity index (χ0) is 32.7. The Balaban J connectivity index is 1.77. The Hall–Kier alpha value is -3.96. The number of rotatable bonds is 7. The molecule has 0 bridgehead atoms. The summed E-state index contributed by atoms with van der Waals surface area (Å²) in [6.07, 6.45) is 3.83. The van der Waals surface area contributed by atoms with E-state index in [9.17, 15) is 28.7 Å². The van der Waals surface area contributed by atoms with Gasteiger partial charge in [0.1, 0.15) is 16.8 Å². The summed E-state index contributed by atoms with van der Waals surface area (Å²) in [5.74, 6) is -3.87. The van der Waals surface area contributed by atoms with Gasteiger partial charge in [0.25, 0.3) is 0 Å². The number of nitrogens with zero attached hydrogens (tertiary/aromatic N) is 2. The third kappa shape index (κ3) is 7.05. The van der Waals surface area contributed by atoms with Crippen LogP contribution in [0.15, 0.2) is 16.9 Å². The fraction of sp³-hybridized carbons (Fsp3) is 0.562. The molecule has 2 amide bonds. The molecule has 240 valence electrons. The van der Waals surface area contributed by atoms with E-state index in [1.165, 1.54) is 11.0 Å². The van der Waals surface area contributed by atoms with Crippen LogP contribution in [-0.2, 0) is 15.9 Å². The number of amides is 2. The molecule has 44 heavy (non-hydrogen) atoms. The van der Waals surface area contributed by atoms with E-state index >= 15 is 4.39 Å². The first-order valence-corrected chi connectivity index (χ1v) is 14.9. The van der Waals surface area contributed by atoms with Gasteiger partial charge >= 0.3 is 18.2 Å². The van der Waals surface area contributed by atoms with Gasteiger partial charge < -0.3 is 29.4 Å². The number of likely N-dealkylation sites (tertiary alicyclic amines) is 1. The molecule has 12 heteroatoms. The van der Waals surface area contributed by atoms with E-state index in [4.69, 9.17) is 9.47 Å². The molecule has 4 rings (SSSR count). The molecule has 1 saturated carbocycles. The first kappa shape index (κ1) is 32.9. The second-order valence-corrected chi connectivity index (χ2v) is 13.3. The number of carboxylic acid groups (broad SMARTS) is 1. The molecule has 2 atom stereocenters. The number of alkyl carbamates (subject to hydrolysis) is 1. The summed E-state index contributed by atoms with van der Waals surface area (Å²) in [6.45, 7) is 12.4. The summed E-state index contributed by atoms with van der Waals surface area (Å²) < 4.78 is 43.1. The fourth-order valence-corrected chi connectivity index (χ4v) is 5.69. The highest BCUT2D eigenvalue weighted by Gasteiger charge is 2.40. The molecule has 1 saturated heterocycles. The second-order valence-electron chi connectivity index (χ2n) is 13.3. The number of nitrogens with one attached hydrogen (secondary N) is 1. The monoisotopic (exact) mass is 617 g/mol. The Bertz CT molecular complexity index is 1570. The summed E-state index contributed by atoms with van der Waals surface area (Å²) in [6, 6.07) is -0.516. The quantitative estimate of drug-likeness (QED) is 0.380. The lowest BCUT2D eigenvalue weighted by molar-refractivity contribution is 0.0204. The Morgan fingerprint density at radius 3 is 2.25 bits per heavy atom. The number of hydrogen-bond acceptors (Lipinski definition) is 6. The zero-order valence-corrected chi connectivity index (χ0v) is 26.3. The normalized spacial score (nSPS) is 19.1. The van der Waals surface area contributed by atoms with Crippen LogP contribution in [0.25, 0.3) is 17.0 Å². The minimum atomic E-state index is -1.42. The maximum absolute atomic E-state index is 15.5. The molecule has 1 aliphatic heterocycles. The minimum Gasteiger partial charge on any atom is -0.477 e. The Labute approximate surface area is 255 Å². The average molecular weight is 618 g/mol. The van der Waals surface area contributed by atoms with Gasteiger partial charge in [-0.05, 0) is 79.7 Å². The second kappa shape index (κ2) is 12.2. The molecule has 0 radical (unpaired) electrons. The molecule has 1 aromatic heterocycles. The summed E-state index contributed by atoms with van der Waals surface area (Å²) in [4.78, 5) is 52.6. The number of benzene rings is 1. The number of fused-ring (bicyclic) bond motifs is 1. The van der Waals surface area contributed by atoms with Gasteiger partial charge in [-0.3, -0.25) is 4.79 Å². The number of halogens is 2. The molecular formula is C32H41F2N3O7. The third-order valence-electron chi connectivity index (χ3n) is 7.52. The van der Waals surface area contributed by atoms with Crippen molar-refractivity contribution in [2.75, 3.05) is 6.54 Å². The van der Waals surface area contributed by atoms with Gasteiger partial charge in [-0.15, -0.1) is 0 Å². The van der Waals surface area contributed by atoms with Gasteiger partial charge in [-0.2, -0.15) is 0 Å². The number of ether oxygens (including phenoxy) is 2. The van der Waals surface area contributed by atoms with Crippen LogP contribution in [-0.4, -0.2) is 62.6 Å². The number of aromatic nitrogens is 1. The SMILES string of the molecule is CCc1c(C(=O)O)c(=O)c2cc(F)c(F)c(C=CC[C@@H]3[C@@H](NC(=O)OC(C)(C)C)CCN3C(=O)OC(C)(C)C)c2n1C1CC1. The van der Waals surface area contributed by atoms with Crippen LogP contribution >= 0.6 is 0 Å². The van der Waals surface area contributed by atoms with E-state index in [2.05, 4.69) is 5.32 Å². The number of carboxylic acids is 1. The molecule has 2 heterocycles. The predicted octanol–water partition coefficient (Wildman–Crippen LogP) is 6.18. The highest BCUT2D eigenvalue weighted by atomic mass is 19.2. The van der Waals surface area contributed by atoms with Crippen molar-refractivity contribution in [3.8, 4) is 0 Å². The van der Waals surface area contributed by atoms with Crippen LogP contribution in [0.1, 0.15) is 102 Å². The number of aromatic carboxylic acids is 1. The van der Waals surface area contributed by atoms with Gasteiger partial charge in [0.2, 0.25) is 5.43 Å². The van der Waals surface area contributed by atoms with Crippen molar-refractivity contribution in [2.24, 2.45) is 0 Å². The highest BCUT2D eigenvalue weighted by Crippen LogP contribution is 2.40. The summed E-state index contributed by atoms with van der Waals surface area (Å²) >= 11 is 0. The topological polar surface area (TPSA) is 127 Å². The summed E-state index contributed by atoms with van der Waals surface area (Å²) in [5.41, 5.74) is -2.62. The van der Waals surface area contributed by atoms with E-state index in [-0.39, 0.29) is 47.6 Å². The number of carbonyl (C=O) groups excluding carboxylic acids is 2. The van der Waals surface area contributed by atoms with E-state index in [0.717, 1.165) is 6.07 Å². The van der Waals surface area contributed by atoms with Crippen molar-refractivity contribution in [3.63, 3.8) is 0 Å². The molecule has 0 spiro atoms. The van der Waals surface area contributed by atoms with Crippen molar-refractivity contribution < 1.29 is 37.7 Å². The molecule has 2 aliphatic rings. The lowest BCUT2D eigenvalue weighted by atomic mass is 10.00. The van der Waals surface area contributed by atoms with E-state index in [0.29, 0.717) is 19.3 Å². The van der Waals surface area contributed by atoms with Gasteiger partial charge in [0.15, 0.2) is 11.6 Å². The molecule has 1 aliphatic carbocycles. The minimum absolute atomic E-state index is 0.124. The van der Waals surface area contributed by atoms with Crippen LogP contribution in [0, 0.1) is 11.6 Å². The number of pyridine rings is 1. The average Bonchev–Trinajstić information content (AvgIpc) is 3.65. The fourth-order valence-electron chi connectivity index (χ4n) is 5.69. The van der Waals surface area contributed by atoms with E-state index in [1.54, 1.807) is 59.1 Å². The van der Waals surface area contributed by atoms with Gasteiger partial charge in [0, 0.05) is 23.8 Å². The smallest absolute Gasteiger partial charge is 0.410 e. The summed E-state index contributed by atoms with van der Waals surface area (Å²) in [5, 5.41) is 12.4. The molecule has 1 aromatic carbocycles. The maximum Gasteiger partial charge on any atom is 0.410 e. The van der Waals surface area contributed by atoms with Crippen molar-refractivity contribution in [1.82, 2.24) is 14.8 Å². The van der Waals surface area contributed by atoms with Crippen molar-refractivity contribution in [3.05, 3.63) is 50.8 Å². The van der Waals surface area contributed by atoms with Crippen LogP contribution in [0.4, 0.5) is 18.4 Å². The lowest BCUT2D eigenvalue weighted by Crippen LogP contribution is -2.48. The Morgan fingerprint density at radius 1 is 1.07 bits per heavy atom. The molecule has 2 N–H and O–H groups in total. The standard InChI is InChI=1S/C32H41F2N3O7/c1-8-22-24(28(39)40)27(38)19-16-20(33)25(34)18(26(19)37(22)17-12-13-17)10-9-11-23-21(35-29(41)43-31(2,3)4)14-15-36(23)30(42)44-32(5,6)7/h9-10,16-17,21,23H,8,11-15H2,1-7H3,(H,35,41)(H,39,40)/t21-,23+/m0/s1. The highest BCUT2D eigenvalue weighted by molar-refractivity contribution is 5.97. The van der Waals surface area contributed by atoms with Crippen LogP contribution in [0.3, 0.4) is 0 Å². The Kier molecular flexibility index (Phi) is 9.14. The van der Waals surface area contributed by atoms with E-state index in [1.807, 2.05) is 0 Å². The lowest BCUT2D eigenvalue weighted by Gasteiger charge is -2.30. The molecule has 2 fully saturated rings. The summed E-state index contributed by atoms with van der Waals surface area (Å²) in [7, 11) is 0. The first-order valence-electron chi connectivity index (χ1n) is 14.9. The van der Waals surface area contributed by atoms with Crippen molar-refractivity contribution in [1.29, 1.82) is 0 Å². The molecule has 0 unspecified atom stereocenters. The number of carbonyl (C=O) groups is 3. The first-order chi connectivity index (χ1) is 20.4. The zero-order valence-electron chi connectivity index (χ0n) is 26.3. The van der Waals surface area contributed by atoms with Crippen LogP contribution in [0.5, 0.6) is 0 Å². The van der Waals surface area contributed by atoms with E-state index < -0.39 is 64.1 Å². The van der Waals surface area contributed by atoms with Crippen LogP contribution < -0.4 is 10.7 Å². The van der Waals surface area contributed by atoms with Gasteiger partial charge in [-0.25, -0.2) is 23.2 Å². The third-order valence-corrected chi connectivity index (χ3v) is 7.52. The van der Waals surface area contributed by atoms with Crippen LogP contribution in [0.2, 0.25) is 0 Å². The largest absolute Gasteiger partial charge is 0.477 e. The van der Waals surface area contributed by atoms with Gasteiger partial charge in [0.05, 0.1) is 23.0 Å². The Morgan fingerprint density at radius 2 is 1.70 bits per heavy atom. The van der Waals surface area contributed by atoms with Crippen molar-refractivity contribution >= 4 is 35.1 Å². The molecule has 10 nitrogen and oxygen atoms in total. The maximum atomic E-state index is 15.5. The molecule has 2 aromatic rings. The number of hydrogen-bond donors (Lipinski definition) is 2. The molecular weight excluding hydrogens is 576 g/mol.